The van der Waals surface area contributed by atoms with Crippen LogP contribution in [0.25, 0.3) is 27.7 Å². The summed E-state index contributed by atoms with van der Waals surface area (Å²) in [5.41, 5.74) is 16.3. The molecule has 0 radical (unpaired) electrons. The van der Waals surface area contributed by atoms with Gasteiger partial charge in [0.25, 0.3) is 0 Å². The average molecular weight is 1030 g/mol. The molecule has 0 bridgehead atoms. The minimum atomic E-state index is -0.539. The number of halogens is 3. The standard InChI is InChI=1S/C64H79ClF2N8/c1-8-12-48-17-21-53(42(4)68)58(61(48)67)59-57-41(3)64(51-13-10-9-11-14-51,37-50(57)33-55(66)60(59)65)39-69-52-19-15-46(16-20-52)43(5)74-31-26-63(27-32-74)35-45(36-63)38-73-28-24-47(25-29-73)49-18-22-54-56(34-49)72(7)71-62(54)75-30-23-40(2)70-44(75)6/h9-11,13-14,17-18,21-22,33-34,41,45-47,52,69-70H,2,4-6,8,12,15-16,19-20,23-32,35-39,68H2,1,3,7H3. The van der Waals surface area contributed by atoms with E-state index in [4.69, 9.17) is 29.0 Å². The molecule has 3 aliphatic carbocycles. The minimum Gasteiger partial charge on any atom is -0.399 e. The van der Waals surface area contributed by atoms with Gasteiger partial charge in [0.2, 0.25) is 0 Å². The summed E-state index contributed by atoms with van der Waals surface area (Å²) in [7, 11) is 2.06. The van der Waals surface area contributed by atoms with E-state index in [0.717, 1.165) is 92.5 Å². The molecular formula is C64H79ClF2N8. The molecule has 75 heavy (non-hydrogen) atoms. The van der Waals surface area contributed by atoms with E-state index in [9.17, 15) is 0 Å². The van der Waals surface area contributed by atoms with E-state index in [1.54, 1.807) is 12.1 Å². The molecule has 8 nitrogen and oxygen atoms in total. The molecule has 3 aliphatic heterocycles. The van der Waals surface area contributed by atoms with Gasteiger partial charge >= 0.3 is 0 Å². The summed E-state index contributed by atoms with van der Waals surface area (Å²) in [6.07, 6.45) is 15.0. The zero-order chi connectivity index (χ0) is 52.3. The van der Waals surface area contributed by atoms with Crippen molar-refractivity contribution in [3.8, 4) is 11.1 Å². The maximum absolute atomic E-state index is 16.7. The van der Waals surface area contributed by atoms with Crippen LogP contribution in [0.2, 0.25) is 5.02 Å². The van der Waals surface area contributed by atoms with Crippen molar-refractivity contribution >= 4 is 34.0 Å². The van der Waals surface area contributed by atoms with Gasteiger partial charge in [-0.15, -0.1) is 0 Å². The number of hydrogen-bond donors (Lipinski definition) is 3. The first-order valence-electron chi connectivity index (χ1n) is 28.3. The summed E-state index contributed by atoms with van der Waals surface area (Å²) in [6.45, 7) is 28.8. The van der Waals surface area contributed by atoms with Gasteiger partial charge in [-0.2, -0.15) is 5.10 Å². The fourth-order valence-electron chi connectivity index (χ4n) is 15.0. The van der Waals surface area contributed by atoms with Crippen molar-refractivity contribution in [2.24, 2.45) is 30.0 Å². The molecular weight excluding hydrogens is 954 g/mol. The van der Waals surface area contributed by atoms with Crippen LogP contribution in [0.3, 0.4) is 0 Å². The second-order valence-electron chi connectivity index (χ2n) is 23.8. The van der Waals surface area contributed by atoms with Gasteiger partial charge in [0, 0.05) is 96.8 Å². The Kier molecular flexibility index (Phi) is 14.4. The van der Waals surface area contributed by atoms with E-state index in [1.165, 1.54) is 85.9 Å². The van der Waals surface area contributed by atoms with Crippen LogP contribution >= 0.6 is 11.6 Å². The van der Waals surface area contributed by atoms with Crippen molar-refractivity contribution in [3.63, 3.8) is 0 Å². The summed E-state index contributed by atoms with van der Waals surface area (Å²) in [4.78, 5) is 7.58. The average Bonchev–Trinajstić information content (AvgIpc) is 3.90. The first-order valence-corrected chi connectivity index (χ1v) is 28.6. The maximum Gasteiger partial charge on any atom is 0.164 e. The van der Waals surface area contributed by atoms with Crippen LogP contribution in [0.4, 0.5) is 14.6 Å². The lowest BCUT2D eigenvalue weighted by molar-refractivity contribution is -0.0238. The highest BCUT2D eigenvalue weighted by Crippen LogP contribution is 2.56. The van der Waals surface area contributed by atoms with Gasteiger partial charge in [0.05, 0.1) is 10.5 Å². The SMILES string of the molecule is C=C1CCN(c2nn(C)c3cc(C4CCN(CC5CC6(CCN(C(=C)C7CCC(NCC8(c9ccccc9)Cc9cc(F)c(Cl)c(-c%10c(C(=C)N)ccc(CCC)c%10F)c9C8C)CC7)CC6)C5)CC4)ccc23)C(=C)N1. The Morgan fingerprint density at radius 1 is 0.907 bits per heavy atom. The monoisotopic (exact) mass is 1030 g/mol. The third-order valence-electron chi connectivity index (χ3n) is 19.3. The van der Waals surface area contributed by atoms with E-state index in [2.05, 4.69) is 102 Å². The molecule has 1 aromatic heterocycles. The Balaban J connectivity index is 0.664. The first kappa shape index (κ1) is 51.7. The molecule has 5 aromatic rings. The quantitative estimate of drug-likeness (QED) is 0.102. The number of nitrogens with one attached hydrogen (secondary N) is 2. The van der Waals surface area contributed by atoms with Gasteiger partial charge in [-0.3, -0.25) is 4.68 Å². The Labute approximate surface area is 450 Å². The Bertz CT molecular complexity index is 3000. The molecule has 3 saturated heterocycles. The lowest BCUT2D eigenvalue weighted by Crippen LogP contribution is -2.50. The molecule has 4 N–H and O–H groups in total. The van der Waals surface area contributed by atoms with Crippen LogP contribution in [0.1, 0.15) is 136 Å². The summed E-state index contributed by atoms with van der Waals surface area (Å²) in [5.74, 6) is 2.69. The first-order chi connectivity index (χ1) is 36.2. The van der Waals surface area contributed by atoms with Crippen molar-refractivity contribution in [1.29, 1.82) is 0 Å². The van der Waals surface area contributed by atoms with Crippen molar-refractivity contribution in [3.05, 3.63) is 160 Å². The Morgan fingerprint density at radius 3 is 2.33 bits per heavy atom. The van der Waals surface area contributed by atoms with Crippen LogP contribution < -0.4 is 21.3 Å². The van der Waals surface area contributed by atoms with Crippen LogP contribution in [0.15, 0.2) is 110 Å². The lowest BCUT2D eigenvalue weighted by atomic mass is 9.57. The van der Waals surface area contributed by atoms with Crippen molar-refractivity contribution in [2.45, 2.75) is 127 Å². The van der Waals surface area contributed by atoms with E-state index in [0.29, 0.717) is 59.4 Å². The predicted molar refractivity (Wildman–Crippen MR) is 306 cm³/mol. The van der Waals surface area contributed by atoms with E-state index in [-0.39, 0.29) is 22.2 Å². The molecule has 5 fully saturated rings. The molecule has 4 aromatic carbocycles. The topological polar surface area (TPSA) is 77.6 Å². The molecule has 2 saturated carbocycles. The van der Waals surface area contributed by atoms with Crippen LogP contribution in [0.5, 0.6) is 0 Å². The molecule has 11 rings (SSSR count). The smallest absolute Gasteiger partial charge is 0.164 e. The number of benzene rings is 4. The maximum atomic E-state index is 16.7. The Hall–Kier alpha value is -5.42. The van der Waals surface area contributed by atoms with Crippen LogP contribution in [0, 0.1) is 28.9 Å². The van der Waals surface area contributed by atoms with Crippen molar-refractivity contribution in [2.75, 3.05) is 50.7 Å². The molecule has 2 atom stereocenters. The zero-order valence-corrected chi connectivity index (χ0v) is 45.6. The van der Waals surface area contributed by atoms with Gasteiger partial charge in [-0.1, -0.05) is 107 Å². The zero-order valence-electron chi connectivity index (χ0n) is 44.9. The highest BCUT2D eigenvalue weighted by Gasteiger charge is 2.49. The van der Waals surface area contributed by atoms with E-state index >= 15 is 8.78 Å². The van der Waals surface area contributed by atoms with Gasteiger partial charge in [-0.05, 0) is 165 Å². The lowest BCUT2D eigenvalue weighted by Gasteiger charge is -2.54. The number of hydrogen-bond acceptors (Lipinski definition) is 7. The summed E-state index contributed by atoms with van der Waals surface area (Å²) >= 11 is 6.96. The number of allylic oxidation sites excluding steroid dienone is 1. The number of aromatic nitrogens is 2. The number of rotatable bonds is 14. The van der Waals surface area contributed by atoms with Crippen LogP contribution in [-0.2, 0) is 25.3 Å². The minimum absolute atomic E-state index is 0.0632. The molecule has 0 amide bonds. The summed E-state index contributed by atoms with van der Waals surface area (Å²) in [5, 5.41) is 13.4. The summed E-state index contributed by atoms with van der Waals surface area (Å²) < 4.78 is 34.9. The second kappa shape index (κ2) is 20.8. The Morgan fingerprint density at radius 2 is 1.64 bits per heavy atom. The largest absolute Gasteiger partial charge is 0.399 e. The fraction of sp³-hybridized carbons (Fsp3) is 0.484. The molecule has 1 spiro atoms. The third-order valence-corrected chi connectivity index (χ3v) is 19.7. The fourth-order valence-corrected chi connectivity index (χ4v) is 15.3. The van der Waals surface area contributed by atoms with E-state index < -0.39 is 17.0 Å². The van der Waals surface area contributed by atoms with Crippen molar-refractivity contribution in [1.82, 2.24) is 30.2 Å². The van der Waals surface area contributed by atoms with Gasteiger partial charge in [0.1, 0.15) is 17.5 Å². The molecule has 11 heteroatoms. The highest BCUT2D eigenvalue weighted by molar-refractivity contribution is 6.34. The second-order valence-corrected chi connectivity index (χ2v) is 24.2. The number of nitrogens with zero attached hydrogens (tertiary/aromatic N) is 5. The van der Waals surface area contributed by atoms with Gasteiger partial charge in [-0.25, -0.2) is 8.78 Å². The van der Waals surface area contributed by atoms with Crippen LogP contribution in [-0.4, -0.2) is 71.4 Å². The number of fused-ring (bicyclic) bond motifs is 2. The normalized spacial score (nSPS) is 24.4. The highest BCUT2D eigenvalue weighted by atomic mass is 35.5. The van der Waals surface area contributed by atoms with Crippen molar-refractivity contribution < 1.29 is 8.78 Å². The number of anilines is 1. The number of aryl methyl sites for hydroxylation is 2. The van der Waals surface area contributed by atoms with Gasteiger partial charge in [0.15, 0.2) is 5.82 Å². The molecule has 2 unspecified atom stereocenters. The third kappa shape index (κ3) is 9.64. The molecule has 396 valence electrons. The number of piperidine rings is 2. The molecule has 4 heterocycles. The van der Waals surface area contributed by atoms with E-state index in [1.807, 2.05) is 23.7 Å². The van der Waals surface area contributed by atoms with Gasteiger partial charge < -0.3 is 31.1 Å². The molecule has 6 aliphatic rings. The predicted octanol–water partition coefficient (Wildman–Crippen LogP) is 13.5. The number of nitrogens with two attached hydrogens (primary N) is 1. The number of likely N-dealkylation sites (tertiary alicyclic amines) is 2. The summed E-state index contributed by atoms with van der Waals surface area (Å²) in [6, 6.07) is 23.2.